The summed E-state index contributed by atoms with van der Waals surface area (Å²) in [5, 5.41) is 4.00. The van der Waals surface area contributed by atoms with Gasteiger partial charge < -0.3 is 10.2 Å². The van der Waals surface area contributed by atoms with Crippen LogP contribution < -0.4 is 10.2 Å². The van der Waals surface area contributed by atoms with Gasteiger partial charge in [-0.05, 0) is 61.1 Å². The van der Waals surface area contributed by atoms with Crippen molar-refractivity contribution in [2.45, 2.75) is 64.5 Å². The van der Waals surface area contributed by atoms with E-state index in [9.17, 15) is 26.3 Å². The van der Waals surface area contributed by atoms with Crippen molar-refractivity contribution in [2.75, 3.05) is 18.0 Å². The molecule has 0 aliphatic heterocycles. The summed E-state index contributed by atoms with van der Waals surface area (Å²) in [6.45, 7) is 3.92. The first-order chi connectivity index (χ1) is 17.5. The molecule has 37 heavy (non-hydrogen) atoms. The second kappa shape index (κ2) is 11.3. The Balaban J connectivity index is 1.60. The number of pyridine rings is 1. The molecule has 200 valence electrons. The third-order valence-electron chi connectivity index (χ3n) is 6.82. The van der Waals surface area contributed by atoms with Gasteiger partial charge in [-0.2, -0.15) is 26.3 Å². The molecule has 0 spiro atoms. The Morgan fingerprint density at radius 2 is 1.54 bits per heavy atom. The maximum Gasteiger partial charge on any atom is 0.416 e. The predicted octanol–water partition coefficient (Wildman–Crippen LogP) is 7.97. The van der Waals surface area contributed by atoms with Crippen LogP contribution in [0.3, 0.4) is 0 Å². The fourth-order valence-corrected chi connectivity index (χ4v) is 5.07. The monoisotopic (exact) mass is 523 g/mol. The van der Waals surface area contributed by atoms with E-state index in [1.165, 1.54) is 25.7 Å². The van der Waals surface area contributed by atoms with E-state index in [-0.39, 0.29) is 24.7 Å². The van der Waals surface area contributed by atoms with Crippen LogP contribution in [-0.4, -0.2) is 18.1 Å². The molecule has 0 bridgehead atoms. The van der Waals surface area contributed by atoms with Gasteiger partial charge in [-0.3, -0.25) is 0 Å². The molecule has 1 aliphatic rings. The zero-order valence-electron chi connectivity index (χ0n) is 20.7. The molecule has 0 saturated heterocycles. The van der Waals surface area contributed by atoms with Crippen molar-refractivity contribution in [3.8, 4) is 0 Å². The average Bonchev–Trinajstić information content (AvgIpc) is 3.35. The number of hydrogen-bond acceptors (Lipinski definition) is 3. The molecule has 1 aromatic heterocycles. The Morgan fingerprint density at radius 3 is 2.16 bits per heavy atom. The minimum Gasteiger partial charge on any atom is -0.356 e. The molecule has 0 unspecified atom stereocenters. The number of halogens is 6. The molecule has 9 heteroatoms. The predicted molar refractivity (Wildman–Crippen MR) is 133 cm³/mol. The van der Waals surface area contributed by atoms with Crippen LogP contribution in [0.2, 0.25) is 0 Å². The van der Waals surface area contributed by atoms with Gasteiger partial charge in [0.15, 0.2) is 0 Å². The van der Waals surface area contributed by atoms with Gasteiger partial charge in [0.2, 0.25) is 0 Å². The summed E-state index contributed by atoms with van der Waals surface area (Å²) in [5.41, 5.74) is -0.973. The molecule has 1 saturated carbocycles. The lowest BCUT2D eigenvalue weighted by Crippen LogP contribution is -2.31. The lowest BCUT2D eigenvalue weighted by molar-refractivity contribution is -0.143. The van der Waals surface area contributed by atoms with Crippen molar-refractivity contribution in [3.63, 3.8) is 0 Å². The van der Waals surface area contributed by atoms with Crippen LogP contribution in [0.5, 0.6) is 0 Å². The van der Waals surface area contributed by atoms with E-state index in [4.69, 9.17) is 4.98 Å². The minimum atomic E-state index is -4.87. The highest BCUT2D eigenvalue weighted by molar-refractivity contribution is 5.81. The van der Waals surface area contributed by atoms with Gasteiger partial charge in [0.05, 0.1) is 16.6 Å². The van der Waals surface area contributed by atoms with E-state index in [1.807, 2.05) is 30.3 Å². The number of rotatable bonds is 9. The number of aromatic nitrogens is 1. The molecular weight excluding hydrogens is 492 g/mol. The van der Waals surface area contributed by atoms with E-state index in [1.54, 1.807) is 0 Å². The molecule has 3 aromatic rings. The Kier molecular flexibility index (Phi) is 8.31. The third-order valence-corrected chi connectivity index (χ3v) is 6.82. The van der Waals surface area contributed by atoms with Crippen molar-refractivity contribution in [3.05, 3.63) is 70.8 Å². The van der Waals surface area contributed by atoms with Gasteiger partial charge in [-0.25, -0.2) is 4.98 Å². The van der Waals surface area contributed by atoms with Crippen molar-refractivity contribution < 1.29 is 26.3 Å². The van der Waals surface area contributed by atoms with Gasteiger partial charge in [0, 0.05) is 37.1 Å². The highest BCUT2D eigenvalue weighted by Gasteiger charge is 2.36. The second-order valence-electron chi connectivity index (χ2n) is 9.78. The molecule has 0 atom stereocenters. The Morgan fingerprint density at radius 1 is 0.892 bits per heavy atom. The van der Waals surface area contributed by atoms with Crippen molar-refractivity contribution >= 4 is 16.7 Å². The number of alkyl halides is 6. The molecule has 4 rings (SSSR count). The van der Waals surface area contributed by atoms with Crippen LogP contribution in [0.4, 0.5) is 32.2 Å². The highest BCUT2D eigenvalue weighted by atomic mass is 19.4. The molecule has 0 radical (unpaired) electrons. The summed E-state index contributed by atoms with van der Waals surface area (Å²) >= 11 is 0. The standard InChI is InChI=1S/C28H31F6N3/c1-2-11-37(18-19-7-3-4-8-19)26-22(14-21-9-5-6-10-25(21)36-26)17-35-16-20-12-23(27(29,30)31)15-24(13-20)28(32,33)34/h5-6,9-10,12-15,19,35H,2-4,7-8,11,16-18H2,1H3. The molecular formula is C28H31F6N3. The van der Waals surface area contributed by atoms with Gasteiger partial charge in [-0.1, -0.05) is 38.0 Å². The average molecular weight is 524 g/mol. The summed E-state index contributed by atoms with van der Waals surface area (Å²) in [4.78, 5) is 7.23. The number of anilines is 1. The number of nitrogens with zero attached hydrogens (tertiary/aromatic N) is 2. The molecule has 1 fully saturated rings. The number of benzene rings is 2. The molecule has 1 heterocycles. The molecule has 3 nitrogen and oxygen atoms in total. The fraction of sp³-hybridized carbons (Fsp3) is 0.464. The van der Waals surface area contributed by atoms with Gasteiger partial charge >= 0.3 is 12.4 Å². The van der Waals surface area contributed by atoms with E-state index >= 15 is 0 Å². The second-order valence-corrected chi connectivity index (χ2v) is 9.78. The maximum absolute atomic E-state index is 13.3. The van der Waals surface area contributed by atoms with Crippen LogP contribution in [0, 0.1) is 5.92 Å². The number of fused-ring (bicyclic) bond motifs is 1. The van der Waals surface area contributed by atoms with Crippen molar-refractivity contribution in [1.29, 1.82) is 0 Å². The summed E-state index contributed by atoms with van der Waals surface area (Å²) in [6.07, 6.45) is -4.00. The van der Waals surface area contributed by atoms with E-state index < -0.39 is 23.5 Å². The lowest BCUT2D eigenvalue weighted by atomic mass is 10.0. The lowest BCUT2D eigenvalue weighted by Gasteiger charge is -2.29. The Labute approximate surface area is 212 Å². The number of para-hydroxylation sites is 1. The van der Waals surface area contributed by atoms with Crippen LogP contribution in [0.25, 0.3) is 10.9 Å². The van der Waals surface area contributed by atoms with Gasteiger partial charge in [0.25, 0.3) is 0 Å². The maximum atomic E-state index is 13.3. The summed E-state index contributed by atoms with van der Waals surface area (Å²) < 4.78 is 79.5. The Bertz CT molecular complexity index is 1170. The molecule has 0 amide bonds. The van der Waals surface area contributed by atoms with Gasteiger partial charge in [-0.15, -0.1) is 0 Å². The third kappa shape index (κ3) is 6.94. The van der Waals surface area contributed by atoms with Gasteiger partial charge in [0.1, 0.15) is 5.82 Å². The summed E-state index contributed by atoms with van der Waals surface area (Å²) in [5.74, 6) is 1.41. The smallest absolute Gasteiger partial charge is 0.356 e. The quantitative estimate of drug-likeness (QED) is 0.288. The van der Waals surface area contributed by atoms with Crippen molar-refractivity contribution in [1.82, 2.24) is 10.3 Å². The molecule has 2 aromatic carbocycles. The number of nitrogens with one attached hydrogen (secondary N) is 1. The number of hydrogen-bond donors (Lipinski definition) is 1. The van der Waals surface area contributed by atoms with E-state index in [2.05, 4.69) is 17.1 Å². The first-order valence-corrected chi connectivity index (χ1v) is 12.7. The van der Waals surface area contributed by atoms with E-state index in [0.717, 1.165) is 53.9 Å². The first kappa shape index (κ1) is 27.2. The van der Waals surface area contributed by atoms with Crippen LogP contribution in [0.1, 0.15) is 61.3 Å². The highest BCUT2D eigenvalue weighted by Crippen LogP contribution is 2.36. The largest absolute Gasteiger partial charge is 0.416 e. The zero-order chi connectivity index (χ0) is 26.6. The van der Waals surface area contributed by atoms with E-state index in [0.29, 0.717) is 5.92 Å². The normalized spacial score (nSPS) is 15.0. The van der Waals surface area contributed by atoms with Crippen LogP contribution in [0.15, 0.2) is 48.5 Å². The minimum absolute atomic E-state index is 0.0752. The first-order valence-electron chi connectivity index (χ1n) is 12.7. The fourth-order valence-electron chi connectivity index (χ4n) is 5.07. The summed E-state index contributed by atoms with van der Waals surface area (Å²) in [6, 6.07) is 11.4. The van der Waals surface area contributed by atoms with Crippen molar-refractivity contribution in [2.24, 2.45) is 5.92 Å². The SMILES string of the molecule is CCCN(CC1CCCC1)c1nc2ccccc2cc1CNCc1cc(C(F)(F)F)cc(C(F)(F)F)c1. The van der Waals surface area contributed by atoms with Crippen LogP contribution >= 0.6 is 0 Å². The summed E-state index contributed by atoms with van der Waals surface area (Å²) in [7, 11) is 0. The van der Waals surface area contributed by atoms with Crippen LogP contribution in [-0.2, 0) is 25.4 Å². The topological polar surface area (TPSA) is 28.2 Å². The Hall–Kier alpha value is -2.81. The molecule has 1 N–H and O–H groups in total. The molecule has 1 aliphatic carbocycles. The zero-order valence-corrected chi connectivity index (χ0v) is 20.7.